The van der Waals surface area contributed by atoms with Crippen LogP contribution in [-0.4, -0.2) is 11.8 Å². The number of amides is 2. The number of hydrogen-bond acceptors (Lipinski definition) is 3. The SMILES string of the molecule is O=C1c2cccc3c(N4c5ccccc5C5(c6ccccc6-c6ccccc65)c5ccccc54)ccc(c23)C(=O)N1c1cc(C(F)(F)F)cc(C(F)(F)F)c1. The zero-order chi connectivity index (χ0) is 38.0. The van der Waals surface area contributed by atoms with Gasteiger partial charge in [0.15, 0.2) is 0 Å². The average Bonchev–Trinajstić information content (AvgIpc) is 3.47. The minimum Gasteiger partial charge on any atom is -0.309 e. The van der Waals surface area contributed by atoms with E-state index in [1.54, 1.807) is 18.2 Å². The monoisotopic (exact) mass is 738 g/mol. The van der Waals surface area contributed by atoms with Crippen LogP contribution in [0.1, 0.15) is 54.1 Å². The van der Waals surface area contributed by atoms with Crippen molar-refractivity contribution in [2.75, 3.05) is 9.80 Å². The first kappa shape index (κ1) is 32.9. The Bertz CT molecular complexity index is 2670. The highest BCUT2D eigenvalue weighted by molar-refractivity contribution is 6.36. The molecule has 2 heterocycles. The van der Waals surface area contributed by atoms with Crippen molar-refractivity contribution in [3.63, 3.8) is 0 Å². The molecule has 2 amide bonds. The van der Waals surface area contributed by atoms with Gasteiger partial charge in [0.1, 0.15) is 0 Å². The number of carbonyl (C=O) groups is 2. The Hall–Kier alpha value is -6.68. The van der Waals surface area contributed by atoms with Crippen LogP contribution in [0.25, 0.3) is 21.9 Å². The van der Waals surface area contributed by atoms with E-state index in [9.17, 15) is 35.9 Å². The molecule has 0 bridgehead atoms. The quantitative estimate of drug-likeness (QED) is 0.131. The molecule has 0 saturated heterocycles. The summed E-state index contributed by atoms with van der Waals surface area (Å²) >= 11 is 0. The highest BCUT2D eigenvalue weighted by atomic mass is 19.4. The molecular formula is C45H24F6N2O2. The zero-order valence-corrected chi connectivity index (χ0v) is 28.3. The summed E-state index contributed by atoms with van der Waals surface area (Å²) in [6.45, 7) is 0. The van der Waals surface area contributed by atoms with Gasteiger partial charge in [0.2, 0.25) is 0 Å². The van der Waals surface area contributed by atoms with Crippen LogP contribution in [0.3, 0.4) is 0 Å². The predicted octanol–water partition coefficient (Wildman–Crippen LogP) is 11.8. The number of benzene rings is 7. The second-order valence-corrected chi connectivity index (χ2v) is 13.8. The van der Waals surface area contributed by atoms with E-state index in [1.165, 1.54) is 12.1 Å². The molecule has 7 aromatic rings. The van der Waals surface area contributed by atoms with E-state index in [4.69, 9.17) is 0 Å². The van der Waals surface area contributed by atoms with Crippen LogP contribution >= 0.6 is 0 Å². The largest absolute Gasteiger partial charge is 0.416 e. The summed E-state index contributed by atoms with van der Waals surface area (Å²) in [6, 6.07) is 41.6. The Kier molecular flexibility index (Phi) is 6.69. The normalized spacial score (nSPS) is 15.2. The smallest absolute Gasteiger partial charge is 0.309 e. The molecule has 268 valence electrons. The molecule has 0 fully saturated rings. The molecule has 10 rings (SSSR count). The van der Waals surface area contributed by atoms with Crippen molar-refractivity contribution < 1.29 is 35.9 Å². The van der Waals surface area contributed by atoms with Crippen molar-refractivity contribution in [2.45, 2.75) is 17.8 Å². The number of alkyl halides is 6. The van der Waals surface area contributed by atoms with E-state index in [2.05, 4.69) is 41.3 Å². The first-order valence-electron chi connectivity index (χ1n) is 17.3. The van der Waals surface area contributed by atoms with Crippen molar-refractivity contribution >= 4 is 45.3 Å². The van der Waals surface area contributed by atoms with Crippen LogP contribution in [0.4, 0.5) is 49.1 Å². The van der Waals surface area contributed by atoms with Gasteiger partial charge in [0.05, 0.1) is 39.3 Å². The van der Waals surface area contributed by atoms with E-state index in [0.717, 1.165) is 44.8 Å². The molecular weight excluding hydrogens is 714 g/mol. The average molecular weight is 739 g/mol. The maximum absolute atomic E-state index is 14.2. The fourth-order valence-electron chi connectivity index (χ4n) is 8.90. The summed E-state index contributed by atoms with van der Waals surface area (Å²) in [5, 5.41) is 0.755. The third-order valence-corrected chi connectivity index (χ3v) is 11.0. The van der Waals surface area contributed by atoms with Crippen LogP contribution < -0.4 is 9.80 Å². The van der Waals surface area contributed by atoms with Gasteiger partial charge < -0.3 is 4.90 Å². The van der Waals surface area contributed by atoms with Gasteiger partial charge in [0, 0.05) is 21.9 Å². The highest BCUT2D eigenvalue weighted by Gasteiger charge is 2.52. The maximum atomic E-state index is 14.2. The lowest BCUT2D eigenvalue weighted by molar-refractivity contribution is -0.143. The number of nitrogens with zero attached hydrogens (tertiary/aromatic N) is 2. The van der Waals surface area contributed by atoms with Crippen LogP contribution in [0.15, 0.2) is 146 Å². The lowest BCUT2D eigenvalue weighted by Crippen LogP contribution is -2.41. The van der Waals surface area contributed by atoms with Crippen molar-refractivity contribution in [3.05, 3.63) is 190 Å². The summed E-state index contributed by atoms with van der Waals surface area (Å²) in [7, 11) is 0. The van der Waals surface area contributed by atoms with Crippen LogP contribution in [0, 0.1) is 0 Å². The number of halogens is 6. The topological polar surface area (TPSA) is 40.6 Å². The Labute approximate surface area is 309 Å². The number of para-hydroxylation sites is 2. The predicted molar refractivity (Wildman–Crippen MR) is 197 cm³/mol. The van der Waals surface area contributed by atoms with Crippen molar-refractivity contribution in [2.24, 2.45) is 0 Å². The minimum atomic E-state index is -5.17. The van der Waals surface area contributed by atoms with E-state index in [1.807, 2.05) is 60.7 Å². The Balaban J connectivity index is 1.19. The number of anilines is 4. The van der Waals surface area contributed by atoms with E-state index in [0.29, 0.717) is 28.1 Å². The Morgan fingerprint density at radius 1 is 0.418 bits per heavy atom. The summed E-state index contributed by atoms with van der Waals surface area (Å²) in [6.07, 6.45) is -10.3. The standard InChI is InChI=1S/C45H24F6N2O2/c46-44(47,48)25-22-26(45(49,50)51)24-27(23-25)52-41(54)31-13-9-12-30-37(21-20-32(40(30)31)42(52)55)53-38-18-7-5-16-35(38)43(36-17-6-8-19-39(36)53)33-14-3-1-10-28(33)29-11-2-4-15-34(29)43/h1-24H. The lowest BCUT2D eigenvalue weighted by atomic mass is 9.64. The molecule has 0 N–H and O–H groups in total. The van der Waals surface area contributed by atoms with Gasteiger partial charge in [-0.3, -0.25) is 9.59 Å². The molecule has 2 aliphatic heterocycles. The van der Waals surface area contributed by atoms with Crippen molar-refractivity contribution in [3.8, 4) is 11.1 Å². The molecule has 1 aliphatic carbocycles. The lowest BCUT2D eigenvalue weighted by Gasteiger charge is -2.45. The van der Waals surface area contributed by atoms with E-state index < -0.39 is 46.4 Å². The summed E-state index contributed by atoms with van der Waals surface area (Å²) in [5.41, 5.74) is 4.02. The highest BCUT2D eigenvalue weighted by Crippen LogP contribution is 2.63. The molecule has 7 aromatic carbocycles. The molecule has 10 heteroatoms. The van der Waals surface area contributed by atoms with E-state index in [-0.39, 0.29) is 22.6 Å². The van der Waals surface area contributed by atoms with Gasteiger partial charge in [-0.25, -0.2) is 4.90 Å². The van der Waals surface area contributed by atoms with Crippen LogP contribution in [-0.2, 0) is 17.8 Å². The van der Waals surface area contributed by atoms with E-state index >= 15 is 0 Å². The molecule has 0 saturated carbocycles. The van der Waals surface area contributed by atoms with Gasteiger partial charge in [-0.05, 0) is 81.9 Å². The molecule has 0 atom stereocenters. The maximum Gasteiger partial charge on any atom is 0.416 e. The Morgan fingerprint density at radius 3 is 1.40 bits per heavy atom. The summed E-state index contributed by atoms with van der Waals surface area (Å²) in [5.74, 6) is -2.07. The summed E-state index contributed by atoms with van der Waals surface area (Å²) in [4.78, 5) is 30.8. The molecule has 1 spiro atoms. The third-order valence-electron chi connectivity index (χ3n) is 11.0. The molecule has 0 unspecified atom stereocenters. The van der Waals surface area contributed by atoms with Gasteiger partial charge in [0.25, 0.3) is 11.8 Å². The third kappa shape index (κ3) is 4.42. The Morgan fingerprint density at radius 2 is 0.873 bits per heavy atom. The van der Waals surface area contributed by atoms with Crippen LogP contribution in [0.2, 0.25) is 0 Å². The fraction of sp³-hybridized carbons (Fsp3) is 0.0667. The van der Waals surface area contributed by atoms with Crippen LogP contribution in [0.5, 0.6) is 0 Å². The number of fused-ring (bicyclic) bond motifs is 9. The second-order valence-electron chi connectivity index (χ2n) is 13.8. The fourth-order valence-corrected chi connectivity index (χ4v) is 8.90. The first-order valence-corrected chi connectivity index (χ1v) is 17.3. The first-order chi connectivity index (χ1) is 26.4. The molecule has 0 radical (unpaired) electrons. The van der Waals surface area contributed by atoms with Gasteiger partial charge in [-0.2, -0.15) is 26.3 Å². The number of rotatable bonds is 2. The van der Waals surface area contributed by atoms with Gasteiger partial charge in [-0.1, -0.05) is 97.1 Å². The van der Waals surface area contributed by atoms with Gasteiger partial charge in [-0.15, -0.1) is 0 Å². The number of hydrogen-bond donors (Lipinski definition) is 0. The number of carbonyl (C=O) groups excluding carboxylic acids is 2. The zero-order valence-electron chi connectivity index (χ0n) is 28.3. The van der Waals surface area contributed by atoms with Crippen molar-refractivity contribution in [1.82, 2.24) is 0 Å². The van der Waals surface area contributed by atoms with Gasteiger partial charge >= 0.3 is 12.4 Å². The second kappa shape index (κ2) is 11.2. The van der Waals surface area contributed by atoms with Crippen molar-refractivity contribution in [1.29, 1.82) is 0 Å². The molecule has 0 aromatic heterocycles. The summed E-state index contributed by atoms with van der Waals surface area (Å²) < 4.78 is 83.0. The molecule has 3 aliphatic rings. The minimum absolute atomic E-state index is 0.0337. The molecule has 55 heavy (non-hydrogen) atoms. The number of imide groups is 1. The molecule has 4 nitrogen and oxygen atoms in total.